The van der Waals surface area contributed by atoms with Crippen LogP contribution in [0.4, 0.5) is 0 Å². The zero-order chi connectivity index (χ0) is 16.9. The summed E-state index contributed by atoms with van der Waals surface area (Å²) < 4.78 is 6.12. The Morgan fingerprint density at radius 1 is 1.21 bits per heavy atom. The molecule has 0 saturated carbocycles. The summed E-state index contributed by atoms with van der Waals surface area (Å²) in [6.07, 6.45) is 2.33. The van der Waals surface area contributed by atoms with Gasteiger partial charge in [-0.05, 0) is 50.1 Å². The number of hydrogen-bond donors (Lipinski definition) is 1. The number of rotatable bonds is 5. The molecule has 2 aromatic carbocycles. The van der Waals surface area contributed by atoms with Crippen LogP contribution in [0.2, 0.25) is 0 Å². The van der Waals surface area contributed by atoms with Gasteiger partial charge in [-0.25, -0.2) is 0 Å². The van der Waals surface area contributed by atoms with Crippen LogP contribution >= 0.6 is 0 Å². The molecule has 1 saturated heterocycles. The molecule has 0 radical (unpaired) electrons. The number of ether oxygens (including phenoxy) is 1. The van der Waals surface area contributed by atoms with E-state index in [4.69, 9.17) is 10.5 Å². The summed E-state index contributed by atoms with van der Waals surface area (Å²) in [5, 5.41) is 0. The highest BCUT2D eigenvalue weighted by atomic mass is 16.5. The van der Waals surface area contributed by atoms with Crippen molar-refractivity contribution in [1.29, 1.82) is 0 Å². The third-order valence-corrected chi connectivity index (χ3v) is 4.46. The van der Waals surface area contributed by atoms with Gasteiger partial charge in [0.25, 0.3) is 0 Å². The van der Waals surface area contributed by atoms with Gasteiger partial charge in [0.15, 0.2) is 0 Å². The molecule has 24 heavy (non-hydrogen) atoms. The normalized spacial score (nSPS) is 18.3. The summed E-state index contributed by atoms with van der Waals surface area (Å²) in [5.74, 6) is 0.556. The fraction of sp³-hybridized carbons (Fsp3) is 0.350. The molecule has 1 atom stereocenters. The van der Waals surface area contributed by atoms with Gasteiger partial charge in [-0.3, -0.25) is 9.69 Å². The van der Waals surface area contributed by atoms with Crippen molar-refractivity contribution in [3.63, 3.8) is 0 Å². The SMILES string of the molecule is Cc1ccc(OC2CCCN(Cc3ccccc3C(N)=O)C2)cc1. The number of likely N-dealkylation sites (tertiary alicyclic amines) is 1. The van der Waals surface area contributed by atoms with Gasteiger partial charge in [-0.1, -0.05) is 35.9 Å². The average molecular weight is 324 g/mol. The Kier molecular flexibility index (Phi) is 5.16. The average Bonchev–Trinajstić information content (AvgIpc) is 2.58. The maximum Gasteiger partial charge on any atom is 0.249 e. The third-order valence-electron chi connectivity index (χ3n) is 4.46. The molecule has 1 amide bonds. The Balaban J connectivity index is 1.63. The molecule has 4 heteroatoms. The van der Waals surface area contributed by atoms with Crippen LogP contribution in [-0.2, 0) is 6.54 Å². The second-order valence-corrected chi connectivity index (χ2v) is 6.45. The molecule has 0 bridgehead atoms. The van der Waals surface area contributed by atoms with E-state index in [0.29, 0.717) is 5.56 Å². The predicted molar refractivity (Wildman–Crippen MR) is 95.1 cm³/mol. The van der Waals surface area contributed by atoms with Crippen LogP contribution in [0.25, 0.3) is 0 Å². The van der Waals surface area contributed by atoms with Crippen LogP contribution in [0.1, 0.15) is 34.3 Å². The molecule has 3 rings (SSSR count). The van der Waals surface area contributed by atoms with Crippen LogP contribution in [0.15, 0.2) is 48.5 Å². The fourth-order valence-electron chi connectivity index (χ4n) is 3.20. The van der Waals surface area contributed by atoms with Gasteiger partial charge in [-0.15, -0.1) is 0 Å². The van der Waals surface area contributed by atoms with E-state index in [2.05, 4.69) is 24.0 Å². The number of carbonyl (C=O) groups excluding carboxylic acids is 1. The van der Waals surface area contributed by atoms with Crippen molar-refractivity contribution in [2.75, 3.05) is 13.1 Å². The summed E-state index contributed by atoms with van der Waals surface area (Å²) in [5.41, 5.74) is 8.31. The van der Waals surface area contributed by atoms with Gasteiger partial charge < -0.3 is 10.5 Å². The summed E-state index contributed by atoms with van der Waals surface area (Å²) in [4.78, 5) is 13.9. The van der Waals surface area contributed by atoms with Crippen molar-refractivity contribution >= 4 is 5.91 Å². The number of nitrogens with zero attached hydrogens (tertiary/aromatic N) is 1. The molecule has 2 aromatic rings. The highest BCUT2D eigenvalue weighted by Crippen LogP contribution is 2.21. The van der Waals surface area contributed by atoms with Gasteiger partial charge >= 0.3 is 0 Å². The summed E-state index contributed by atoms with van der Waals surface area (Å²) >= 11 is 0. The number of hydrogen-bond acceptors (Lipinski definition) is 3. The lowest BCUT2D eigenvalue weighted by molar-refractivity contribution is 0.0838. The first-order valence-corrected chi connectivity index (χ1v) is 8.45. The molecule has 1 unspecified atom stereocenters. The van der Waals surface area contributed by atoms with Crippen molar-refractivity contribution in [3.05, 3.63) is 65.2 Å². The molecule has 126 valence electrons. The van der Waals surface area contributed by atoms with Crippen molar-refractivity contribution in [1.82, 2.24) is 4.90 Å². The molecule has 1 heterocycles. The Morgan fingerprint density at radius 2 is 1.96 bits per heavy atom. The van der Waals surface area contributed by atoms with Crippen LogP contribution in [0.5, 0.6) is 5.75 Å². The van der Waals surface area contributed by atoms with Crippen molar-refractivity contribution in [3.8, 4) is 5.75 Å². The second kappa shape index (κ2) is 7.49. The topological polar surface area (TPSA) is 55.6 Å². The van der Waals surface area contributed by atoms with E-state index >= 15 is 0 Å². The first kappa shape index (κ1) is 16.5. The number of nitrogens with two attached hydrogens (primary N) is 1. The number of benzene rings is 2. The monoisotopic (exact) mass is 324 g/mol. The smallest absolute Gasteiger partial charge is 0.249 e. The molecule has 0 spiro atoms. The molecule has 0 aromatic heterocycles. The van der Waals surface area contributed by atoms with E-state index in [9.17, 15) is 4.79 Å². The lowest BCUT2D eigenvalue weighted by Gasteiger charge is -2.33. The van der Waals surface area contributed by atoms with Crippen LogP contribution < -0.4 is 10.5 Å². The Morgan fingerprint density at radius 3 is 2.71 bits per heavy atom. The van der Waals surface area contributed by atoms with Gasteiger partial charge in [0.1, 0.15) is 11.9 Å². The van der Waals surface area contributed by atoms with Crippen molar-refractivity contribution < 1.29 is 9.53 Å². The molecule has 2 N–H and O–H groups in total. The first-order valence-electron chi connectivity index (χ1n) is 8.45. The van der Waals surface area contributed by atoms with Gasteiger partial charge in [0, 0.05) is 18.7 Å². The summed E-state index contributed by atoms with van der Waals surface area (Å²) in [6, 6.07) is 15.8. The highest BCUT2D eigenvalue weighted by molar-refractivity contribution is 5.94. The Labute approximate surface area is 143 Å². The predicted octanol–water partition coefficient (Wildman–Crippen LogP) is 3.14. The van der Waals surface area contributed by atoms with E-state index in [-0.39, 0.29) is 12.0 Å². The third kappa shape index (κ3) is 4.15. The van der Waals surface area contributed by atoms with E-state index in [1.807, 2.05) is 30.3 Å². The maximum atomic E-state index is 11.6. The molecule has 0 aliphatic carbocycles. The van der Waals surface area contributed by atoms with E-state index in [1.165, 1.54) is 5.56 Å². The maximum absolute atomic E-state index is 11.6. The first-order chi connectivity index (χ1) is 11.6. The minimum atomic E-state index is -0.366. The van der Waals surface area contributed by atoms with Crippen LogP contribution in [-0.4, -0.2) is 30.0 Å². The molecule has 1 aliphatic heterocycles. The number of primary amides is 1. The van der Waals surface area contributed by atoms with E-state index in [0.717, 1.165) is 43.8 Å². The Bertz CT molecular complexity index is 697. The fourth-order valence-corrected chi connectivity index (χ4v) is 3.20. The number of aryl methyl sites for hydroxylation is 1. The molecular weight excluding hydrogens is 300 g/mol. The summed E-state index contributed by atoms with van der Waals surface area (Å²) in [7, 11) is 0. The van der Waals surface area contributed by atoms with Crippen LogP contribution in [0.3, 0.4) is 0 Å². The largest absolute Gasteiger partial charge is 0.489 e. The minimum Gasteiger partial charge on any atom is -0.489 e. The second-order valence-electron chi connectivity index (χ2n) is 6.45. The number of piperidine rings is 1. The highest BCUT2D eigenvalue weighted by Gasteiger charge is 2.22. The van der Waals surface area contributed by atoms with Crippen molar-refractivity contribution in [2.24, 2.45) is 5.73 Å². The molecule has 4 nitrogen and oxygen atoms in total. The zero-order valence-electron chi connectivity index (χ0n) is 14.1. The van der Waals surface area contributed by atoms with E-state index in [1.54, 1.807) is 6.07 Å². The molecular formula is C20H24N2O2. The van der Waals surface area contributed by atoms with Gasteiger partial charge in [0.2, 0.25) is 5.91 Å². The quantitative estimate of drug-likeness (QED) is 0.919. The number of carbonyl (C=O) groups is 1. The minimum absolute atomic E-state index is 0.183. The lowest BCUT2D eigenvalue weighted by atomic mass is 10.0. The lowest BCUT2D eigenvalue weighted by Crippen LogP contribution is -2.40. The van der Waals surface area contributed by atoms with Gasteiger partial charge in [-0.2, -0.15) is 0 Å². The standard InChI is InChI=1S/C20H24N2O2/c1-15-8-10-17(11-9-15)24-18-6-4-12-22(14-18)13-16-5-2-3-7-19(16)20(21)23/h2-3,5,7-11,18H,4,6,12-14H2,1H3,(H2,21,23). The van der Waals surface area contributed by atoms with E-state index < -0.39 is 0 Å². The zero-order valence-corrected chi connectivity index (χ0v) is 14.1. The Hall–Kier alpha value is -2.33. The van der Waals surface area contributed by atoms with Crippen LogP contribution in [0, 0.1) is 6.92 Å². The van der Waals surface area contributed by atoms with Crippen molar-refractivity contribution in [2.45, 2.75) is 32.4 Å². The molecule has 1 aliphatic rings. The summed E-state index contributed by atoms with van der Waals surface area (Å²) in [6.45, 7) is 4.68. The number of amides is 1. The molecule has 1 fully saturated rings. The van der Waals surface area contributed by atoms with Gasteiger partial charge in [0.05, 0.1) is 0 Å².